The molecule has 0 amide bonds. The maximum atomic E-state index is 11.3. The van der Waals surface area contributed by atoms with Crippen LogP contribution in [0.4, 0.5) is 0 Å². The Balaban J connectivity index is 2.35. The third kappa shape index (κ3) is 2.30. The fourth-order valence-corrected chi connectivity index (χ4v) is 3.06. The second-order valence-electron chi connectivity index (χ2n) is 3.38. The van der Waals surface area contributed by atoms with E-state index < -0.39 is 26.8 Å². The SMILES string of the molecule is O=S1(=O)Oc2nc(c3ccccc3n2)OS(=O)(=O)O1. The summed E-state index contributed by atoms with van der Waals surface area (Å²) in [5.41, 5.74) is 0.259. The molecule has 2 heterocycles. The molecule has 1 aliphatic rings. The number of hydrogen-bond acceptors (Lipinski definition) is 9. The van der Waals surface area contributed by atoms with E-state index in [-0.39, 0.29) is 16.8 Å². The molecular weight excluding hydrogens is 300 g/mol. The molecule has 19 heavy (non-hydrogen) atoms. The van der Waals surface area contributed by atoms with E-state index in [1.54, 1.807) is 12.1 Å². The van der Waals surface area contributed by atoms with Crippen molar-refractivity contribution in [3.63, 3.8) is 0 Å². The van der Waals surface area contributed by atoms with Crippen LogP contribution in [0.2, 0.25) is 0 Å². The van der Waals surface area contributed by atoms with Crippen LogP contribution in [0.15, 0.2) is 24.3 Å². The molecule has 0 saturated heterocycles. The smallest absolute Gasteiger partial charge is 0.339 e. The Morgan fingerprint density at radius 3 is 2.37 bits per heavy atom. The summed E-state index contributed by atoms with van der Waals surface area (Å²) in [7, 11) is -9.70. The first-order valence-corrected chi connectivity index (χ1v) is 7.38. The van der Waals surface area contributed by atoms with Gasteiger partial charge in [0, 0.05) is 0 Å². The van der Waals surface area contributed by atoms with Crippen molar-refractivity contribution in [1.29, 1.82) is 0 Å². The van der Waals surface area contributed by atoms with E-state index in [4.69, 9.17) is 0 Å². The minimum Gasteiger partial charge on any atom is -0.339 e. The molecule has 0 aliphatic carbocycles. The molecule has 3 rings (SSSR count). The van der Waals surface area contributed by atoms with Crippen molar-refractivity contribution in [1.82, 2.24) is 9.97 Å². The van der Waals surface area contributed by atoms with E-state index in [0.29, 0.717) is 0 Å². The van der Waals surface area contributed by atoms with Gasteiger partial charge in [-0.1, -0.05) is 15.8 Å². The van der Waals surface area contributed by atoms with Crippen molar-refractivity contribution in [3.8, 4) is 11.9 Å². The Bertz CT molecular complexity index is 875. The third-order valence-electron chi connectivity index (χ3n) is 2.07. The summed E-state index contributed by atoms with van der Waals surface area (Å²) >= 11 is 0. The third-order valence-corrected chi connectivity index (χ3v) is 4.12. The molecule has 2 aromatic rings. The molecule has 0 N–H and O–H groups in total. The molecule has 1 aliphatic heterocycles. The molecule has 0 fully saturated rings. The molecule has 9 nitrogen and oxygen atoms in total. The van der Waals surface area contributed by atoms with Crippen LogP contribution in [0.25, 0.3) is 10.9 Å². The van der Waals surface area contributed by atoms with Crippen molar-refractivity contribution in [3.05, 3.63) is 24.3 Å². The van der Waals surface area contributed by atoms with Crippen LogP contribution in [-0.4, -0.2) is 26.8 Å². The van der Waals surface area contributed by atoms with Crippen LogP contribution in [0.1, 0.15) is 0 Å². The zero-order valence-electron chi connectivity index (χ0n) is 8.88. The van der Waals surface area contributed by atoms with E-state index in [1.165, 1.54) is 12.1 Å². The largest absolute Gasteiger partial charge is 0.469 e. The summed E-state index contributed by atoms with van der Waals surface area (Å²) in [4.78, 5) is 7.34. The molecule has 100 valence electrons. The van der Waals surface area contributed by atoms with Crippen LogP contribution in [0.5, 0.6) is 11.9 Å². The second-order valence-corrected chi connectivity index (χ2v) is 5.89. The van der Waals surface area contributed by atoms with Gasteiger partial charge in [-0.3, -0.25) is 0 Å². The molecule has 1 aromatic carbocycles. The van der Waals surface area contributed by atoms with Crippen molar-refractivity contribution in [2.24, 2.45) is 0 Å². The van der Waals surface area contributed by atoms with Gasteiger partial charge in [0.05, 0.1) is 10.9 Å². The van der Waals surface area contributed by atoms with Gasteiger partial charge in [0.1, 0.15) is 0 Å². The molecule has 0 atom stereocenters. The van der Waals surface area contributed by atoms with E-state index in [1.807, 2.05) is 0 Å². The lowest BCUT2D eigenvalue weighted by Crippen LogP contribution is -2.25. The Kier molecular flexibility index (Phi) is 2.39. The molecular formula is C8H4N2O7S2. The van der Waals surface area contributed by atoms with Gasteiger partial charge in [0.15, 0.2) is 0 Å². The number of hydrogen-bond donors (Lipinski definition) is 0. The fourth-order valence-electron chi connectivity index (χ4n) is 1.45. The zero-order chi connectivity index (χ0) is 13.7. The summed E-state index contributed by atoms with van der Waals surface area (Å²) in [6.07, 6.45) is 0. The van der Waals surface area contributed by atoms with Gasteiger partial charge >= 0.3 is 26.8 Å². The van der Waals surface area contributed by atoms with Gasteiger partial charge in [-0.05, 0) is 12.1 Å². The van der Waals surface area contributed by atoms with Crippen molar-refractivity contribution < 1.29 is 28.8 Å². The van der Waals surface area contributed by atoms with E-state index in [9.17, 15) is 16.8 Å². The number of benzene rings is 1. The first-order chi connectivity index (χ1) is 8.85. The summed E-state index contributed by atoms with van der Waals surface area (Å²) < 4.78 is 57.6. The molecule has 11 heteroatoms. The fraction of sp³-hybridized carbons (Fsp3) is 0. The quantitative estimate of drug-likeness (QED) is 0.656. The van der Waals surface area contributed by atoms with Crippen LogP contribution >= 0.6 is 0 Å². The average molecular weight is 304 g/mol. The summed E-state index contributed by atoms with van der Waals surface area (Å²) in [5, 5.41) is 0.265. The number of fused-ring (bicyclic) bond motifs is 4. The van der Waals surface area contributed by atoms with Crippen molar-refractivity contribution in [2.75, 3.05) is 0 Å². The highest BCUT2D eigenvalue weighted by Crippen LogP contribution is 2.28. The highest BCUT2D eigenvalue weighted by molar-refractivity contribution is 7.95. The Labute approximate surface area is 107 Å². The summed E-state index contributed by atoms with van der Waals surface area (Å²) in [5.74, 6) is -0.379. The maximum absolute atomic E-state index is 11.3. The van der Waals surface area contributed by atoms with Crippen molar-refractivity contribution in [2.45, 2.75) is 0 Å². The Morgan fingerprint density at radius 1 is 0.895 bits per heavy atom. The number of para-hydroxylation sites is 1. The normalized spacial score (nSPS) is 19.8. The van der Waals surface area contributed by atoms with Gasteiger partial charge in [-0.25, -0.2) is 0 Å². The molecule has 0 spiro atoms. The lowest BCUT2D eigenvalue weighted by atomic mass is 10.2. The van der Waals surface area contributed by atoms with E-state index in [2.05, 4.69) is 22.0 Å². The van der Waals surface area contributed by atoms with Gasteiger partial charge in [-0.2, -0.15) is 26.8 Å². The van der Waals surface area contributed by atoms with Crippen LogP contribution in [0, 0.1) is 0 Å². The standard InChI is InChI=1S/C8H4N2O7S2/c11-18(12)15-7-5-3-1-2-4-6(5)9-8(10-7)16-19(13,14)17-18/h1-4H. The predicted molar refractivity (Wildman–Crippen MR) is 59.7 cm³/mol. The molecule has 2 bridgehead atoms. The average Bonchev–Trinajstić information content (AvgIpc) is 2.24. The lowest BCUT2D eigenvalue weighted by molar-refractivity contribution is 0.330. The summed E-state index contributed by atoms with van der Waals surface area (Å²) in [6, 6.07) is 5.64. The minimum absolute atomic E-state index is 0.259. The predicted octanol–water partition coefficient (Wildman–Crippen LogP) is -0.0928. The van der Waals surface area contributed by atoms with Gasteiger partial charge in [-0.15, -0.1) is 0 Å². The highest BCUT2D eigenvalue weighted by atomic mass is 32.3. The highest BCUT2D eigenvalue weighted by Gasteiger charge is 2.32. The molecule has 0 saturated carbocycles. The van der Waals surface area contributed by atoms with Crippen LogP contribution in [-0.2, 0) is 24.4 Å². The van der Waals surface area contributed by atoms with Gasteiger partial charge < -0.3 is 8.37 Å². The van der Waals surface area contributed by atoms with Crippen LogP contribution < -0.4 is 8.37 Å². The molecule has 0 radical (unpaired) electrons. The Morgan fingerprint density at radius 2 is 1.58 bits per heavy atom. The molecule has 0 unspecified atom stereocenters. The number of nitrogens with zero attached hydrogens (tertiary/aromatic N) is 2. The van der Waals surface area contributed by atoms with E-state index in [0.717, 1.165) is 0 Å². The first kappa shape index (κ1) is 12.1. The van der Waals surface area contributed by atoms with Gasteiger partial charge in [0.2, 0.25) is 5.88 Å². The molecule has 1 aromatic heterocycles. The van der Waals surface area contributed by atoms with Crippen molar-refractivity contribution >= 4 is 31.7 Å². The maximum Gasteiger partial charge on any atom is 0.469 e. The van der Waals surface area contributed by atoms with Crippen LogP contribution in [0.3, 0.4) is 0 Å². The topological polar surface area (TPSA) is 122 Å². The second kappa shape index (κ2) is 3.76. The minimum atomic E-state index is -4.85. The first-order valence-electron chi connectivity index (χ1n) is 4.71. The zero-order valence-corrected chi connectivity index (χ0v) is 10.5. The summed E-state index contributed by atoms with van der Waals surface area (Å²) in [6.45, 7) is 0. The Hall–Kier alpha value is -1.98. The van der Waals surface area contributed by atoms with E-state index >= 15 is 0 Å². The lowest BCUT2D eigenvalue weighted by Gasteiger charge is -2.12. The number of aromatic nitrogens is 2. The monoisotopic (exact) mass is 304 g/mol. The van der Waals surface area contributed by atoms with Gasteiger partial charge in [0.25, 0.3) is 0 Å². The number of rotatable bonds is 0.